The number of carbonyl (C=O) groups excluding carboxylic acids is 1. The predicted molar refractivity (Wildman–Crippen MR) is 102 cm³/mol. The molecular weight excluding hydrogens is 328 g/mol. The zero-order valence-corrected chi connectivity index (χ0v) is 14.7. The van der Waals surface area contributed by atoms with Gasteiger partial charge < -0.3 is 15.0 Å². The van der Waals surface area contributed by atoms with Crippen LogP contribution in [0.5, 0.6) is 5.75 Å². The van der Waals surface area contributed by atoms with Gasteiger partial charge in [-0.3, -0.25) is 4.79 Å². The lowest BCUT2D eigenvalue weighted by atomic mass is 10.2. The summed E-state index contributed by atoms with van der Waals surface area (Å²) in [7, 11) is 3.50. The van der Waals surface area contributed by atoms with Crippen LogP contribution in [0, 0.1) is 0 Å². The summed E-state index contributed by atoms with van der Waals surface area (Å²) in [5, 5.41) is 2.82. The lowest BCUT2D eigenvalue weighted by molar-refractivity contribution is 0.102. The Bertz CT molecular complexity index is 866. The number of carbonyl (C=O) groups is 1. The Hall–Kier alpha value is -3.41. The molecule has 1 aromatic heterocycles. The first-order valence-corrected chi connectivity index (χ1v) is 8.19. The van der Waals surface area contributed by atoms with Gasteiger partial charge in [-0.25, -0.2) is 9.97 Å². The van der Waals surface area contributed by atoms with Crippen LogP contribution in [0.2, 0.25) is 0 Å². The number of hydrogen-bond donors (Lipinski definition) is 1. The van der Waals surface area contributed by atoms with Gasteiger partial charge in [0.15, 0.2) is 0 Å². The van der Waals surface area contributed by atoms with Crippen LogP contribution < -0.4 is 15.0 Å². The summed E-state index contributed by atoms with van der Waals surface area (Å²) in [6, 6.07) is 18.8. The van der Waals surface area contributed by atoms with Gasteiger partial charge in [0, 0.05) is 25.5 Å². The van der Waals surface area contributed by atoms with E-state index in [0.717, 1.165) is 11.3 Å². The van der Waals surface area contributed by atoms with E-state index in [9.17, 15) is 4.79 Å². The van der Waals surface area contributed by atoms with Crippen LogP contribution in [0.15, 0.2) is 66.9 Å². The number of benzene rings is 2. The fourth-order valence-corrected chi connectivity index (χ4v) is 2.46. The third-order valence-electron chi connectivity index (χ3n) is 3.83. The Kier molecular flexibility index (Phi) is 5.43. The molecule has 0 aliphatic heterocycles. The first-order valence-electron chi connectivity index (χ1n) is 8.19. The molecule has 3 aromatic rings. The summed E-state index contributed by atoms with van der Waals surface area (Å²) in [6.07, 6.45) is 1.59. The molecule has 0 atom stereocenters. The normalized spacial score (nSPS) is 10.2. The van der Waals surface area contributed by atoms with E-state index in [-0.39, 0.29) is 5.91 Å². The second-order valence-electron chi connectivity index (χ2n) is 5.77. The highest BCUT2D eigenvalue weighted by atomic mass is 16.5. The molecule has 3 rings (SSSR count). The number of hydrogen-bond acceptors (Lipinski definition) is 5. The van der Waals surface area contributed by atoms with Gasteiger partial charge in [0.25, 0.3) is 5.91 Å². The van der Waals surface area contributed by atoms with E-state index in [1.165, 1.54) is 0 Å². The van der Waals surface area contributed by atoms with E-state index in [1.54, 1.807) is 43.6 Å². The number of aromatic nitrogens is 2. The van der Waals surface area contributed by atoms with Crippen molar-refractivity contribution in [1.82, 2.24) is 9.97 Å². The Balaban J connectivity index is 1.70. The molecule has 6 nitrogen and oxygen atoms in total. The van der Waals surface area contributed by atoms with Crippen LogP contribution in [-0.2, 0) is 6.54 Å². The largest absolute Gasteiger partial charge is 0.497 e. The Morgan fingerprint density at radius 1 is 1.08 bits per heavy atom. The van der Waals surface area contributed by atoms with Crippen molar-refractivity contribution in [2.24, 2.45) is 0 Å². The van der Waals surface area contributed by atoms with Gasteiger partial charge in [-0.05, 0) is 35.9 Å². The summed E-state index contributed by atoms with van der Waals surface area (Å²) in [6.45, 7) is 0.657. The highest BCUT2D eigenvalue weighted by molar-refractivity contribution is 6.02. The quantitative estimate of drug-likeness (QED) is 0.740. The van der Waals surface area contributed by atoms with Crippen molar-refractivity contribution >= 4 is 17.5 Å². The molecule has 0 aliphatic rings. The van der Waals surface area contributed by atoms with Gasteiger partial charge in [0.1, 0.15) is 11.4 Å². The molecule has 132 valence electrons. The molecule has 0 bridgehead atoms. The van der Waals surface area contributed by atoms with Gasteiger partial charge in [-0.2, -0.15) is 0 Å². The molecule has 2 aromatic carbocycles. The van der Waals surface area contributed by atoms with Gasteiger partial charge >= 0.3 is 0 Å². The summed E-state index contributed by atoms with van der Waals surface area (Å²) in [4.78, 5) is 23.0. The maximum atomic E-state index is 12.5. The van der Waals surface area contributed by atoms with E-state index < -0.39 is 0 Å². The molecule has 0 fully saturated rings. The van der Waals surface area contributed by atoms with E-state index in [4.69, 9.17) is 4.74 Å². The average molecular weight is 348 g/mol. The first kappa shape index (κ1) is 17.4. The lowest BCUT2D eigenvalue weighted by Crippen LogP contribution is -2.21. The number of amides is 1. The number of nitrogens with zero attached hydrogens (tertiary/aromatic N) is 3. The van der Waals surface area contributed by atoms with E-state index in [2.05, 4.69) is 15.3 Å². The maximum absolute atomic E-state index is 12.5. The molecule has 0 aliphatic carbocycles. The average Bonchev–Trinajstić information content (AvgIpc) is 2.69. The zero-order valence-electron chi connectivity index (χ0n) is 14.7. The lowest BCUT2D eigenvalue weighted by Gasteiger charge is -2.17. The van der Waals surface area contributed by atoms with Crippen LogP contribution in [0.25, 0.3) is 0 Å². The number of methoxy groups -OCH3 is 1. The molecule has 1 amide bonds. The number of anilines is 2. The zero-order chi connectivity index (χ0) is 18.4. The first-order chi connectivity index (χ1) is 12.7. The van der Waals surface area contributed by atoms with Crippen LogP contribution in [0.3, 0.4) is 0 Å². The van der Waals surface area contributed by atoms with Crippen molar-refractivity contribution in [2.45, 2.75) is 6.54 Å². The minimum atomic E-state index is -0.285. The molecule has 26 heavy (non-hydrogen) atoms. The van der Waals surface area contributed by atoms with Crippen molar-refractivity contribution in [3.8, 4) is 5.75 Å². The number of rotatable bonds is 6. The monoisotopic (exact) mass is 348 g/mol. The standard InChI is InChI=1S/C20H20N4O2/c1-24(14-15-6-4-3-5-7-15)20-21-13-12-18(23-20)19(25)22-16-8-10-17(26-2)11-9-16/h3-13H,14H2,1-2H3,(H,22,25). The fraction of sp³-hybridized carbons (Fsp3) is 0.150. The van der Waals surface area contributed by atoms with Crippen molar-refractivity contribution in [2.75, 3.05) is 24.4 Å². The minimum Gasteiger partial charge on any atom is -0.497 e. The van der Waals surface area contributed by atoms with E-state index in [0.29, 0.717) is 23.9 Å². The highest BCUT2D eigenvalue weighted by Gasteiger charge is 2.12. The third-order valence-corrected chi connectivity index (χ3v) is 3.83. The van der Waals surface area contributed by atoms with Crippen molar-refractivity contribution < 1.29 is 9.53 Å². The third kappa shape index (κ3) is 4.36. The van der Waals surface area contributed by atoms with Crippen molar-refractivity contribution in [1.29, 1.82) is 0 Å². The number of ether oxygens (including phenoxy) is 1. The molecule has 6 heteroatoms. The number of nitrogens with one attached hydrogen (secondary N) is 1. The topological polar surface area (TPSA) is 67.3 Å². The molecule has 1 N–H and O–H groups in total. The summed E-state index contributed by atoms with van der Waals surface area (Å²) >= 11 is 0. The second kappa shape index (κ2) is 8.11. The van der Waals surface area contributed by atoms with Crippen LogP contribution >= 0.6 is 0 Å². The molecule has 0 unspecified atom stereocenters. The maximum Gasteiger partial charge on any atom is 0.274 e. The minimum absolute atomic E-state index is 0.285. The van der Waals surface area contributed by atoms with Gasteiger partial charge in [0.05, 0.1) is 7.11 Å². The molecule has 0 radical (unpaired) electrons. The molecule has 0 spiro atoms. The van der Waals surface area contributed by atoms with Crippen LogP contribution in [0.1, 0.15) is 16.1 Å². The molecule has 0 saturated carbocycles. The summed E-state index contributed by atoms with van der Waals surface area (Å²) in [5.74, 6) is 0.943. The molecule has 0 saturated heterocycles. The van der Waals surface area contributed by atoms with Gasteiger partial charge in [-0.15, -0.1) is 0 Å². The van der Waals surface area contributed by atoms with Crippen molar-refractivity contribution in [3.05, 3.63) is 78.1 Å². The fourth-order valence-electron chi connectivity index (χ4n) is 2.46. The van der Waals surface area contributed by atoms with Crippen LogP contribution in [-0.4, -0.2) is 30.0 Å². The summed E-state index contributed by atoms with van der Waals surface area (Å²) in [5.41, 5.74) is 2.13. The predicted octanol–water partition coefficient (Wildman–Crippen LogP) is 3.37. The SMILES string of the molecule is COc1ccc(NC(=O)c2ccnc(N(C)Cc3ccccc3)n2)cc1. The van der Waals surface area contributed by atoms with Gasteiger partial charge in [0.2, 0.25) is 5.95 Å². The summed E-state index contributed by atoms with van der Waals surface area (Å²) < 4.78 is 5.11. The molecule has 1 heterocycles. The highest BCUT2D eigenvalue weighted by Crippen LogP contribution is 2.16. The Labute approximate surface area is 152 Å². The van der Waals surface area contributed by atoms with E-state index in [1.807, 2.05) is 42.3 Å². The second-order valence-corrected chi connectivity index (χ2v) is 5.77. The van der Waals surface area contributed by atoms with Crippen molar-refractivity contribution in [3.63, 3.8) is 0 Å². The van der Waals surface area contributed by atoms with Crippen LogP contribution in [0.4, 0.5) is 11.6 Å². The Morgan fingerprint density at radius 3 is 2.50 bits per heavy atom. The Morgan fingerprint density at radius 2 is 1.81 bits per heavy atom. The van der Waals surface area contributed by atoms with Gasteiger partial charge in [-0.1, -0.05) is 30.3 Å². The molecular formula is C20H20N4O2. The smallest absolute Gasteiger partial charge is 0.274 e. The van der Waals surface area contributed by atoms with E-state index >= 15 is 0 Å².